The van der Waals surface area contributed by atoms with Gasteiger partial charge in [-0.05, 0) is 42.7 Å². The lowest BCUT2D eigenvalue weighted by Gasteiger charge is -2.08. The number of anilines is 1. The van der Waals surface area contributed by atoms with Crippen LogP contribution in [0.5, 0.6) is 0 Å². The molecular formula is C21H17ClF3N3O2S. The number of fused-ring (bicyclic) bond motifs is 1. The van der Waals surface area contributed by atoms with E-state index in [1.54, 1.807) is 12.2 Å². The molecule has 2 aromatic carbocycles. The molecule has 1 aromatic heterocycles. The fourth-order valence-electron chi connectivity index (χ4n) is 2.72. The number of alkyl halides is 3. The number of hydrazone groups is 1. The van der Waals surface area contributed by atoms with Crippen molar-refractivity contribution in [2.24, 2.45) is 5.10 Å². The van der Waals surface area contributed by atoms with E-state index in [0.717, 1.165) is 22.1 Å². The number of thiophene rings is 1. The topological polar surface area (TPSA) is 70.6 Å². The Hall–Kier alpha value is -2.91. The maximum Gasteiger partial charge on any atom is 0.471 e. The molecule has 5 nitrogen and oxygen atoms in total. The normalized spacial score (nSPS) is 12.1. The molecule has 0 unspecified atom stereocenters. The summed E-state index contributed by atoms with van der Waals surface area (Å²) in [4.78, 5) is 23.9. The quantitative estimate of drug-likeness (QED) is 0.369. The van der Waals surface area contributed by atoms with Gasteiger partial charge in [0.2, 0.25) is 0 Å². The fraction of sp³-hybridized carbons (Fsp3) is 0.190. The van der Waals surface area contributed by atoms with Gasteiger partial charge in [-0.2, -0.15) is 18.3 Å². The SMILES string of the molecule is CCc1ccc2c(Cl)c(C(=O)NN=C(C)c3ccc(NC(=O)C(F)(F)F)cc3)sc2c1. The van der Waals surface area contributed by atoms with E-state index in [2.05, 4.69) is 10.5 Å². The standard InChI is InChI=1S/C21H17ClF3N3O2S/c1-3-12-4-9-15-16(10-12)31-18(17(15)22)19(29)28-27-11(2)13-5-7-14(8-6-13)26-20(30)21(23,24)25/h4-10H,3H2,1-2H3,(H,26,30)(H,28,29). The second-order valence-corrected chi connectivity index (χ2v) is 8.03. The van der Waals surface area contributed by atoms with Crippen LogP contribution in [0.15, 0.2) is 47.6 Å². The lowest BCUT2D eigenvalue weighted by molar-refractivity contribution is -0.167. The molecule has 3 aromatic rings. The summed E-state index contributed by atoms with van der Waals surface area (Å²) in [5.74, 6) is -2.51. The largest absolute Gasteiger partial charge is 0.471 e. The minimum Gasteiger partial charge on any atom is -0.318 e. The van der Waals surface area contributed by atoms with Gasteiger partial charge in [0.05, 0.1) is 10.7 Å². The van der Waals surface area contributed by atoms with Gasteiger partial charge in [-0.25, -0.2) is 5.43 Å². The van der Waals surface area contributed by atoms with E-state index in [1.807, 2.05) is 25.1 Å². The number of benzene rings is 2. The number of nitrogens with one attached hydrogen (secondary N) is 2. The molecule has 0 aliphatic carbocycles. The van der Waals surface area contributed by atoms with Crippen LogP contribution in [0.2, 0.25) is 5.02 Å². The second-order valence-electron chi connectivity index (χ2n) is 6.60. The zero-order valence-electron chi connectivity index (χ0n) is 16.4. The molecule has 0 radical (unpaired) electrons. The van der Waals surface area contributed by atoms with Gasteiger partial charge in [0.15, 0.2) is 0 Å². The third-order valence-electron chi connectivity index (χ3n) is 4.45. The molecule has 162 valence electrons. The number of aryl methyl sites for hydroxylation is 1. The van der Waals surface area contributed by atoms with Gasteiger partial charge in [-0.1, -0.05) is 42.8 Å². The number of hydrogen-bond donors (Lipinski definition) is 2. The summed E-state index contributed by atoms with van der Waals surface area (Å²) < 4.78 is 37.8. The molecule has 1 heterocycles. The van der Waals surface area contributed by atoms with Gasteiger partial charge in [-0.15, -0.1) is 11.3 Å². The van der Waals surface area contributed by atoms with Crippen LogP contribution in [0, 0.1) is 0 Å². The summed E-state index contributed by atoms with van der Waals surface area (Å²) in [6.07, 6.45) is -4.10. The molecule has 0 saturated heterocycles. The molecule has 0 aliphatic rings. The van der Waals surface area contributed by atoms with Crippen LogP contribution in [0.25, 0.3) is 10.1 Å². The van der Waals surface area contributed by atoms with Crippen molar-refractivity contribution in [3.05, 3.63) is 63.5 Å². The third-order valence-corrected chi connectivity index (χ3v) is 6.11. The van der Waals surface area contributed by atoms with E-state index >= 15 is 0 Å². The summed E-state index contributed by atoms with van der Waals surface area (Å²) in [5.41, 5.74) is 4.56. The molecule has 0 saturated carbocycles. The van der Waals surface area contributed by atoms with Gasteiger partial charge in [-0.3, -0.25) is 9.59 Å². The minimum atomic E-state index is -4.97. The maximum absolute atomic E-state index is 12.5. The van der Waals surface area contributed by atoms with Gasteiger partial charge < -0.3 is 5.32 Å². The highest BCUT2D eigenvalue weighted by Crippen LogP contribution is 2.36. The summed E-state index contributed by atoms with van der Waals surface area (Å²) in [6.45, 7) is 3.67. The molecule has 0 bridgehead atoms. The molecular weight excluding hydrogens is 451 g/mol. The molecule has 31 heavy (non-hydrogen) atoms. The fourth-order valence-corrected chi connectivity index (χ4v) is 4.19. The maximum atomic E-state index is 12.5. The van der Waals surface area contributed by atoms with Crippen LogP contribution in [-0.2, 0) is 11.2 Å². The van der Waals surface area contributed by atoms with Gasteiger partial charge in [0, 0.05) is 15.8 Å². The first kappa shape index (κ1) is 22.8. The van der Waals surface area contributed by atoms with Gasteiger partial charge in [0.1, 0.15) is 4.88 Å². The van der Waals surface area contributed by atoms with Gasteiger partial charge in [0.25, 0.3) is 5.91 Å². The predicted molar refractivity (Wildman–Crippen MR) is 117 cm³/mol. The lowest BCUT2D eigenvalue weighted by Crippen LogP contribution is -2.29. The van der Waals surface area contributed by atoms with Crippen LogP contribution in [-0.4, -0.2) is 23.7 Å². The van der Waals surface area contributed by atoms with Crippen LogP contribution >= 0.6 is 22.9 Å². The Morgan fingerprint density at radius 1 is 1.13 bits per heavy atom. The third kappa shape index (κ3) is 5.23. The molecule has 10 heteroatoms. The van der Waals surface area contributed by atoms with E-state index in [4.69, 9.17) is 11.6 Å². The summed E-state index contributed by atoms with van der Waals surface area (Å²) in [6, 6.07) is 11.4. The Bertz CT molecular complexity index is 1170. The average molecular weight is 468 g/mol. The Balaban J connectivity index is 1.71. The van der Waals surface area contributed by atoms with E-state index in [9.17, 15) is 22.8 Å². The van der Waals surface area contributed by atoms with Crippen molar-refractivity contribution in [3.63, 3.8) is 0 Å². The molecule has 2 amide bonds. The molecule has 2 N–H and O–H groups in total. The number of hydrogen-bond acceptors (Lipinski definition) is 4. The van der Waals surface area contributed by atoms with Crippen molar-refractivity contribution in [2.75, 3.05) is 5.32 Å². The highest BCUT2D eigenvalue weighted by Gasteiger charge is 2.38. The Morgan fingerprint density at radius 2 is 1.81 bits per heavy atom. The number of carbonyl (C=O) groups excluding carboxylic acids is 2. The average Bonchev–Trinajstić information content (AvgIpc) is 3.07. The smallest absolute Gasteiger partial charge is 0.318 e. The molecule has 0 spiro atoms. The van der Waals surface area contributed by atoms with Crippen LogP contribution in [0.1, 0.15) is 34.6 Å². The zero-order chi connectivity index (χ0) is 22.8. The Kier molecular flexibility index (Phi) is 6.66. The van der Waals surface area contributed by atoms with Crippen LogP contribution < -0.4 is 10.7 Å². The number of rotatable bonds is 5. The van der Waals surface area contributed by atoms with E-state index < -0.39 is 18.0 Å². The van der Waals surface area contributed by atoms with E-state index in [-0.39, 0.29) is 5.69 Å². The predicted octanol–water partition coefficient (Wildman–Crippen LogP) is 5.77. The van der Waals surface area contributed by atoms with Crippen molar-refractivity contribution in [1.82, 2.24) is 5.43 Å². The van der Waals surface area contributed by atoms with Crippen molar-refractivity contribution in [3.8, 4) is 0 Å². The first-order valence-corrected chi connectivity index (χ1v) is 10.3. The van der Waals surface area contributed by atoms with Crippen molar-refractivity contribution in [1.29, 1.82) is 0 Å². The number of nitrogens with zero attached hydrogens (tertiary/aromatic N) is 1. The lowest BCUT2D eigenvalue weighted by atomic mass is 10.1. The summed E-state index contributed by atoms with van der Waals surface area (Å²) in [7, 11) is 0. The monoisotopic (exact) mass is 467 g/mol. The van der Waals surface area contributed by atoms with Crippen LogP contribution in [0.4, 0.5) is 18.9 Å². The van der Waals surface area contributed by atoms with Crippen molar-refractivity contribution in [2.45, 2.75) is 26.4 Å². The minimum absolute atomic E-state index is 0.00795. The molecule has 0 aliphatic heterocycles. The molecule has 0 atom stereocenters. The van der Waals surface area contributed by atoms with Crippen molar-refractivity contribution < 1.29 is 22.8 Å². The first-order chi connectivity index (χ1) is 14.6. The Labute approximate surface area is 184 Å². The van der Waals surface area contributed by atoms with E-state index in [0.29, 0.717) is 21.2 Å². The Morgan fingerprint density at radius 3 is 2.42 bits per heavy atom. The first-order valence-electron chi connectivity index (χ1n) is 9.14. The molecule has 3 rings (SSSR count). The number of amides is 2. The van der Waals surface area contributed by atoms with Gasteiger partial charge >= 0.3 is 12.1 Å². The van der Waals surface area contributed by atoms with Crippen molar-refractivity contribution >= 4 is 56.2 Å². The number of halogens is 4. The number of carbonyl (C=O) groups is 2. The summed E-state index contributed by atoms with van der Waals surface area (Å²) in [5, 5.41) is 6.96. The molecule has 0 fully saturated rings. The van der Waals surface area contributed by atoms with E-state index in [1.165, 1.54) is 35.6 Å². The highest BCUT2D eigenvalue weighted by atomic mass is 35.5. The highest BCUT2D eigenvalue weighted by molar-refractivity contribution is 7.21. The van der Waals surface area contributed by atoms with Crippen LogP contribution in [0.3, 0.4) is 0 Å². The zero-order valence-corrected chi connectivity index (χ0v) is 18.0. The summed E-state index contributed by atoms with van der Waals surface area (Å²) >= 11 is 7.63. The second kappa shape index (κ2) is 9.07.